The molecule has 0 fully saturated rings. The van der Waals surface area contributed by atoms with Crippen LogP contribution in [0.3, 0.4) is 0 Å². The Morgan fingerprint density at radius 1 is 1.33 bits per heavy atom. The Hall–Kier alpha value is -0.700. The van der Waals surface area contributed by atoms with Crippen LogP contribution in [0.4, 0.5) is 0 Å². The van der Waals surface area contributed by atoms with E-state index in [4.69, 9.17) is 27.9 Å². The Morgan fingerprint density at radius 3 is 2.67 bits per heavy atom. The van der Waals surface area contributed by atoms with Crippen LogP contribution in [0, 0.1) is 0 Å². The van der Waals surface area contributed by atoms with Gasteiger partial charge in [0.2, 0.25) is 0 Å². The molecule has 0 atom stereocenters. The van der Waals surface area contributed by atoms with Gasteiger partial charge in [-0.2, -0.15) is 0 Å². The van der Waals surface area contributed by atoms with Crippen LogP contribution < -0.4 is 10.1 Å². The Morgan fingerprint density at radius 2 is 2.06 bits per heavy atom. The van der Waals surface area contributed by atoms with Crippen LogP contribution in [-0.4, -0.2) is 13.2 Å². The zero-order chi connectivity index (χ0) is 13.5. The molecule has 1 rings (SSSR count). The van der Waals surface area contributed by atoms with E-state index in [2.05, 4.69) is 12.2 Å². The van der Waals surface area contributed by atoms with Crippen molar-refractivity contribution in [3.8, 4) is 5.75 Å². The minimum atomic E-state index is 0.517. The summed E-state index contributed by atoms with van der Waals surface area (Å²) in [5, 5.41) is 4.43. The summed E-state index contributed by atoms with van der Waals surface area (Å²) in [5.41, 5.74) is 2.20. The summed E-state index contributed by atoms with van der Waals surface area (Å²) in [4.78, 5) is 0. The average Bonchev–Trinajstić information content (AvgIpc) is 2.28. The Kier molecular flexibility index (Phi) is 6.55. The highest BCUT2D eigenvalue weighted by Crippen LogP contribution is 2.32. The molecule has 0 spiro atoms. The van der Waals surface area contributed by atoms with Gasteiger partial charge in [0.25, 0.3) is 0 Å². The molecule has 1 aromatic rings. The Bertz CT molecular complexity index is 426. The highest BCUT2D eigenvalue weighted by atomic mass is 35.5. The third kappa shape index (κ3) is 4.89. The van der Waals surface area contributed by atoms with E-state index in [9.17, 15) is 0 Å². The van der Waals surface area contributed by atoms with Crippen molar-refractivity contribution in [3.63, 3.8) is 0 Å². The monoisotopic (exact) mass is 287 g/mol. The standard InChI is InChI=1S/C14H19Cl2NO/c1-4-17-9-11-7-12(15)8-13(16)14(11)18-6-5-10(2)3/h5,7-8,17H,4,6,9H2,1-3H3. The predicted molar refractivity (Wildman–Crippen MR) is 78.8 cm³/mol. The molecule has 0 aliphatic rings. The van der Waals surface area contributed by atoms with Gasteiger partial charge in [-0.05, 0) is 38.6 Å². The fourth-order valence-electron chi connectivity index (χ4n) is 1.46. The van der Waals surface area contributed by atoms with Crippen molar-refractivity contribution >= 4 is 23.2 Å². The van der Waals surface area contributed by atoms with E-state index < -0.39 is 0 Å². The van der Waals surface area contributed by atoms with Crippen molar-refractivity contribution in [2.75, 3.05) is 13.2 Å². The zero-order valence-electron chi connectivity index (χ0n) is 11.0. The molecule has 18 heavy (non-hydrogen) atoms. The van der Waals surface area contributed by atoms with Gasteiger partial charge in [0, 0.05) is 17.1 Å². The van der Waals surface area contributed by atoms with Gasteiger partial charge in [0.1, 0.15) is 12.4 Å². The second kappa shape index (κ2) is 7.67. The van der Waals surface area contributed by atoms with E-state index >= 15 is 0 Å². The first-order chi connectivity index (χ1) is 8.54. The van der Waals surface area contributed by atoms with Crippen LogP contribution >= 0.6 is 23.2 Å². The first kappa shape index (κ1) is 15.4. The molecule has 1 N–H and O–H groups in total. The van der Waals surface area contributed by atoms with E-state index in [0.29, 0.717) is 28.9 Å². The number of allylic oxidation sites excluding steroid dienone is 1. The average molecular weight is 288 g/mol. The van der Waals surface area contributed by atoms with Gasteiger partial charge in [-0.3, -0.25) is 0 Å². The predicted octanol–water partition coefficient (Wildman–Crippen LogP) is 4.45. The first-order valence-corrected chi connectivity index (χ1v) is 6.75. The molecule has 0 unspecified atom stereocenters. The summed E-state index contributed by atoms with van der Waals surface area (Å²) >= 11 is 12.2. The van der Waals surface area contributed by atoms with Crippen molar-refractivity contribution < 1.29 is 4.74 Å². The quantitative estimate of drug-likeness (QED) is 0.781. The fourth-order valence-corrected chi connectivity index (χ4v) is 2.05. The summed E-state index contributed by atoms with van der Waals surface area (Å²) in [5.74, 6) is 0.708. The smallest absolute Gasteiger partial charge is 0.142 e. The minimum absolute atomic E-state index is 0.517. The number of halogens is 2. The SMILES string of the molecule is CCNCc1cc(Cl)cc(Cl)c1OCC=C(C)C. The second-order valence-corrected chi connectivity index (χ2v) is 5.09. The Labute approximate surface area is 119 Å². The molecular weight excluding hydrogens is 269 g/mol. The number of hydrogen-bond donors (Lipinski definition) is 1. The molecule has 0 aliphatic carbocycles. The van der Waals surface area contributed by atoms with Crippen molar-refractivity contribution in [1.82, 2.24) is 5.32 Å². The summed E-state index contributed by atoms with van der Waals surface area (Å²) in [6.45, 7) is 8.22. The molecule has 0 saturated carbocycles. The molecule has 2 nitrogen and oxygen atoms in total. The molecule has 0 heterocycles. The third-order valence-corrected chi connectivity index (χ3v) is 2.87. The van der Waals surface area contributed by atoms with Gasteiger partial charge in [-0.1, -0.05) is 35.7 Å². The lowest BCUT2D eigenvalue weighted by atomic mass is 10.2. The van der Waals surface area contributed by atoms with E-state index in [1.54, 1.807) is 6.07 Å². The molecule has 0 saturated heterocycles. The van der Waals surface area contributed by atoms with Crippen molar-refractivity contribution in [2.24, 2.45) is 0 Å². The largest absolute Gasteiger partial charge is 0.488 e. The molecule has 1 aromatic carbocycles. The lowest BCUT2D eigenvalue weighted by molar-refractivity contribution is 0.357. The third-order valence-electron chi connectivity index (χ3n) is 2.37. The van der Waals surface area contributed by atoms with Crippen LogP contribution in [-0.2, 0) is 6.54 Å². The topological polar surface area (TPSA) is 21.3 Å². The van der Waals surface area contributed by atoms with Gasteiger partial charge in [-0.25, -0.2) is 0 Å². The van der Waals surface area contributed by atoms with Gasteiger partial charge in [0.15, 0.2) is 0 Å². The van der Waals surface area contributed by atoms with Gasteiger partial charge in [0.05, 0.1) is 5.02 Å². The van der Waals surface area contributed by atoms with E-state index in [1.807, 2.05) is 26.0 Å². The molecule has 0 aliphatic heterocycles. The lowest BCUT2D eigenvalue weighted by Gasteiger charge is -2.13. The minimum Gasteiger partial charge on any atom is -0.488 e. The molecule has 0 radical (unpaired) electrons. The first-order valence-electron chi connectivity index (χ1n) is 5.99. The van der Waals surface area contributed by atoms with E-state index in [-0.39, 0.29) is 0 Å². The van der Waals surface area contributed by atoms with Crippen LogP contribution in [0.5, 0.6) is 5.75 Å². The summed E-state index contributed by atoms with van der Waals surface area (Å²) in [6, 6.07) is 3.59. The van der Waals surface area contributed by atoms with Crippen LogP contribution in [0.2, 0.25) is 10.0 Å². The second-order valence-electron chi connectivity index (χ2n) is 4.25. The van der Waals surface area contributed by atoms with E-state index in [0.717, 1.165) is 12.1 Å². The maximum Gasteiger partial charge on any atom is 0.142 e. The molecule has 4 heteroatoms. The maximum absolute atomic E-state index is 6.17. The lowest BCUT2D eigenvalue weighted by Crippen LogP contribution is -2.13. The number of ether oxygens (including phenoxy) is 1. The number of benzene rings is 1. The van der Waals surface area contributed by atoms with E-state index in [1.165, 1.54) is 5.57 Å². The molecule has 100 valence electrons. The zero-order valence-corrected chi connectivity index (χ0v) is 12.5. The number of hydrogen-bond acceptors (Lipinski definition) is 2. The molecule has 0 amide bonds. The van der Waals surface area contributed by atoms with Gasteiger partial charge < -0.3 is 10.1 Å². The molecule has 0 aromatic heterocycles. The van der Waals surface area contributed by atoms with Crippen molar-refractivity contribution in [2.45, 2.75) is 27.3 Å². The fraction of sp³-hybridized carbons (Fsp3) is 0.429. The Balaban J connectivity index is 2.88. The molecular formula is C14H19Cl2NO. The summed E-state index contributed by atoms with van der Waals surface area (Å²) in [6.07, 6.45) is 2.02. The van der Waals surface area contributed by atoms with Crippen molar-refractivity contribution in [3.05, 3.63) is 39.4 Å². The van der Waals surface area contributed by atoms with Crippen LogP contribution in [0.25, 0.3) is 0 Å². The van der Waals surface area contributed by atoms with Crippen molar-refractivity contribution in [1.29, 1.82) is 0 Å². The summed E-state index contributed by atoms with van der Waals surface area (Å²) < 4.78 is 5.72. The highest BCUT2D eigenvalue weighted by Gasteiger charge is 2.10. The summed E-state index contributed by atoms with van der Waals surface area (Å²) in [7, 11) is 0. The maximum atomic E-state index is 6.17. The van der Waals surface area contributed by atoms with Crippen LogP contribution in [0.1, 0.15) is 26.3 Å². The van der Waals surface area contributed by atoms with Crippen LogP contribution in [0.15, 0.2) is 23.8 Å². The highest BCUT2D eigenvalue weighted by molar-refractivity contribution is 6.35. The van der Waals surface area contributed by atoms with Gasteiger partial charge in [-0.15, -0.1) is 0 Å². The number of nitrogens with one attached hydrogen (secondary N) is 1. The normalized spacial score (nSPS) is 10.3. The van der Waals surface area contributed by atoms with Gasteiger partial charge >= 0.3 is 0 Å². The number of rotatable bonds is 6. The molecule has 0 bridgehead atoms.